The van der Waals surface area contributed by atoms with Crippen molar-refractivity contribution in [3.05, 3.63) is 12.2 Å². The summed E-state index contributed by atoms with van der Waals surface area (Å²) >= 11 is 0. The predicted octanol–water partition coefficient (Wildman–Crippen LogP) is 18.5. The lowest BCUT2D eigenvalue weighted by Gasteiger charge is -2.20. The number of aliphatic hydroxyl groups excluding tert-OH is 2. The summed E-state index contributed by atoms with van der Waals surface area (Å²) in [5, 5.41) is 23.1. The van der Waals surface area contributed by atoms with Crippen LogP contribution in [0.3, 0.4) is 0 Å². The van der Waals surface area contributed by atoms with Crippen LogP contribution in [-0.4, -0.2) is 47.4 Å². The van der Waals surface area contributed by atoms with Crippen LogP contribution >= 0.6 is 0 Å². The summed E-state index contributed by atoms with van der Waals surface area (Å²) in [6.45, 7) is 4.91. The quantitative estimate of drug-likeness (QED) is 0.0321. The summed E-state index contributed by atoms with van der Waals surface area (Å²) in [6.07, 6.45) is 66.7. The Bertz CT molecular complexity index is 986. The Morgan fingerprint density at radius 1 is 0.409 bits per heavy atom. The summed E-state index contributed by atoms with van der Waals surface area (Å²) < 4.78 is 5.50. The number of rotatable bonds is 56. The minimum atomic E-state index is -0.848. The van der Waals surface area contributed by atoms with Crippen LogP contribution in [-0.2, 0) is 14.3 Å². The van der Waals surface area contributed by atoms with Crippen molar-refractivity contribution in [2.45, 2.75) is 347 Å². The van der Waals surface area contributed by atoms with Crippen LogP contribution in [0, 0.1) is 0 Å². The molecule has 0 bridgehead atoms. The van der Waals surface area contributed by atoms with Gasteiger partial charge in [0, 0.05) is 12.8 Å². The fraction of sp³-hybridized carbons (Fsp3) is 0.933. The Morgan fingerprint density at radius 2 is 0.697 bits per heavy atom. The van der Waals surface area contributed by atoms with Crippen molar-refractivity contribution in [2.24, 2.45) is 0 Å². The van der Waals surface area contributed by atoms with Gasteiger partial charge in [0.05, 0.1) is 25.4 Å². The van der Waals surface area contributed by atoms with Crippen LogP contribution in [0.25, 0.3) is 0 Å². The number of allylic oxidation sites excluding steroid dienone is 1. The van der Waals surface area contributed by atoms with E-state index in [1.807, 2.05) is 6.08 Å². The molecule has 3 N–H and O–H groups in total. The van der Waals surface area contributed by atoms with Crippen LogP contribution in [0.5, 0.6) is 0 Å². The fourth-order valence-electron chi connectivity index (χ4n) is 9.46. The Labute approximate surface area is 412 Å². The smallest absolute Gasteiger partial charge is 0.305 e. The van der Waals surface area contributed by atoms with Gasteiger partial charge in [-0.05, 0) is 32.1 Å². The van der Waals surface area contributed by atoms with E-state index in [-0.39, 0.29) is 18.5 Å². The number of nitrogens with one attached hydrogen (secondary N) is 1. The maximum Gasteiger partial charge on any atom is 0.305 e. The highest BCUT2D eigenvalue weighted by Crippen LogP contribution is 2.18. The van der Waals surface area contributed by atoms with E-state index in [0.29, 0.717) is 19.4 Å². The number of amides is 1. The van der Waals surface area contributed by atoms with Gasteiger partial charge >= 0.3 is 5.97 Å². The van der Waals surface area contributed by atoms with Gasteiger partial charge in [-0.15, -0.1) is 0 Å². The molecule has 0 aliphatic rings. The van der Waals surface area contributed by atoms with Crippen molar-refractivity contribution >= 4 is 11.9 Å². The van der Waals surface area contributed by atoms with E-state index >= 15 is 0 Å². The van der Waals surface area contributed by atoms with E-state index in [9.17, 15) is 19.8 Å². The van der Waals surface area contributed by atoms with E-state index < -0.39 is 12.1 Å². The zero-order chi connectivity index (χ0) is 47.9. The first-order valence-electron chi connectivity index (χ1n) is 30.0. The topological polar surface area (TPSA) is 95.9 Å². The molecular weight excluding hydrogens is 815 g/mol. The molecule has 0 radical (unpaired) electrons. The lowest BCUT2D eigenvalue weighted by Crippen LogP contribution is -2.45. The average molecular weight is 933 g/mol. The molecule has 66 heavy (non-hydrogen) atoms. The lowest BCUT2D eigenvalue weighted by molar-refractivity contribution is -0.143. The molecule has 0 heterocycles. The monoisotopic (exact) mass is 932 g/mol. The van der Waals surface area contributed by atoms with E-state index in [4.69, 9.17) is 4.74 Å². The van der Waals surface area contributed by atoms with Gasteiger partial charge in [0.2, 0.25) is 5.91 Å². The number of esters is 1. The van der Waals surface area contributed by atoms with Gasteiger partial charge in [0.25, 0.3) is 0 Å². The molecule has 0 saturated heterocycles. The molecule has 392 valence electrons. The molecule has 1 amide bonds. The van der Waals surface area contributed by atoms with E-state index in [1.165, 1.54) is 270 Å². The predicted molar refractivity (Wildman–Crippen MR) is 287 cm³/mol. The standard InChI is InChI=1S/C60H117NO5/c1-3-5-7-9-11-13-15-17-19-20-21-22-26-30-34-38-42-46-50-54-60(65)66-55-51-47-43-39-35-31-27-24-23-25-29-33-37-41-45-49-53-59(64)61-57(56-62)58(63)52-48-44-40-36-32-28-18-16-14-12-10-8-6-4-2/h48,52,57-58,62-63H,3-47,49-51,53-56H2,1-2H3,(H,61,64)/b52-48+. The second kappa shape index (κ2) is 56.2. The minimum absolute atomic E-state index is 0.00747. The first kappa shape index (κ1) is 64.6. The highest BCUT2D eigenvalue weighted by Gasteiger charge is 2.18. The second-order valence-electron chi connectivity index (χ2n) is 20.7. The first-order chi connectivity index (χ1) is 32.5. The van der Waals surface area contributed by atoms with E-state index in [0.717, 1.165) is 38.5 Å². The summed E-state index contributed by atoms with van der Waals surface area (Å²) in [5.41, 5.74) is 0. The summed E-state index contributed by atoms with van der Waals surface area (Å²) in [5.74, 6) is -0.0654. The van der Waals surface area contributed by atoms with Crippen molar-refractivity contribution in [1.29, 1.82) is 0 Å². The molecule has 2 unspecified atom stereocenters. The van der Waals surface area contributed by atoms with Gasteiger partial charge < -0.3 is 20.3 Å². The van der Waals surface area contributed by atoms with Crippen molar-refractivity contribution < 1.29 is 24.5 Å². The molecule has 0 aliphatic heterocycles. The fourth-order valence-corrected chi connectivity index (χ4v) is 9.46. The molecule has 0 aromatic heterocycles. The summed E-state index contributed by atoms with van der Waals surface area (Å²) in [7, 11) is 0. The van der Waals surface area contributed by atoms with Gasteiger partial charge in [-0.3, -0.25) is 9.59 Å². The highest BCUT2D eigenvalue weighted by molar-refractivity contribution is 5.76. The van der Waals surface area contributed by atoms with Crippen molar-refractivity contribution in [2.75, 3.05) is 13.2 Å². The number of carbonyl (C=O) groups is 2. The Morgan fingerprint density at radius 3 is 1.03 bits per heavy atom. The van der Waals surface area contributed by atoms with Gasteiger partial charge in [0.15, 0.2) is 0 Å². The normalized spacial score (nSPS) is 12.6. The Balaban J connectivity index is 3.40. The largest absolute Gasteiger partial charge is 0.466 e. The second-order valence-corrected chi connectivity index (χ2v) is 20.7. The maximum absolute atomic E-state index is 12.4. The minimum Gasteiger partial charge on any atom is -0.466 e. The van der Waals surface area contributed by atoms with Gasteiger partial charge in [-0.25, -0.2) is 0 Å². The number of aliphatic hydroxyl groups is 2. The van der Waals surface area contributed by atoms with E-state index in [2.05, 4.69) is 19.2 Å². The molecule has 6 nitrogen and oxygen atoms in total. The maximum atomic E-state index is 12.4. The number of hydrogen-bond acceptors (Lipinski definition) is 5. The van der Waals surface area contributed by atoms with Gasteiger partial charge in [-0.2, -0.15) is 0 Å². The van der Waals surface area contributed by atoms with Crippen molar-refractivity contribution in [1.82, 2.24) is 5.32 Å². The van der Waals surface area contributed by atoms with Crippen molar-refractivity contribution in [3.63, 3.8) is 0 Å². The van der Waals surface area contributed by atoms with Crippen LogP contribution in [0.1, 0.15) is 335 Å². The molecular formula is C60H117NO5. The third kappa shape index (κ3) is 52.0. The molecule has 2 atom stereocenters. The van der Waals surface area contributed by atoms with Crippen LogP contribution < -0.4 is 5.32 Å². The number of ether oxygens (including phenoxy) is 1. The summed E-state index contributed by atoms with van der Waals surface area (Å²) in [4.78, 5) is 24.5. The lowest BCUT2D eigenvalue weighted by atomic mass is 10.0. The van der Waals surface area contributed by atoms with Gasteiger partial charge in [0.1, 0.15) is 0 Å². The zero-order valence-corrected chi connectivity index (χ0v) is 44.7. The number of carbonyl (C=O) groups excluding carboxylic acids is 2. The summed E-state index contributed by atoms with van der Waals surface area (Å²) in [6, 6.07) is -0.632. The third-order valence-corrected chi connectivity index (χ3v) is 14.1. The average Bonchev–Trinajstić information content (AvgIpc) is 3.32. The molecule has 6 heteroatoms. The molecule has 0 rings (SSSR count). The molecule has 0 fully saturated rings. The molecule has 0 aliphatic carbocycles. The SMILES string of the molecule is CCCCCCCCCCCCCC/C=C/C(O)C(CO)NC(=O)CCCCCCCCCCCCCCCCCCOC(=O)CCCCCCCCCCCCCCCCCCCCC. The van der Waals surface area contributed by atoms with Crippen LogP contribution in [0.4, 0.5) is 0 Å². The van der Waals surface area contributed by atoms with Crippen molar-refractivity contribution in [3.8, 4) is 0 Å². The molecule has 0 aromatic carbocycles. The molecule has 0 spiro atoms. The van der Waals surface area contributed by atoms with Crippen LogP contribution in [0.15, 0.2) is 12.2 Å². The Hall–Kier alpha value is -1.40. The van der Waals surface area contributed by atoms with Gasteiger partial charge in [-0.1, -0.05) is 302 Å². The zero-order valence-electron chi connectivity index (χ0n) is 44.7. The van der Waals surface area contributed by atoms with Crippen LogP contribution in [0.2, 0.25) is 0 Å². The highest BCUT2D eigenvalue weighted by atomic mass is 16.5. The third-order valence-electron chi connectivity index (χ3n) is 14.1. The number of hydrogen-bond donors (Lipinski definition) is 3. The van der Waals surface area contributed by atoms with E-state index in [1.54, 1.807) is 6.08 Å². The number of unbranched alkanes of at least 4 members (excludes halogenated alkanes) is 45. The Kier molecular flexibility index (Phi) is 55.0. The molecule has 0 aromatic rings. The first-order valence-corrected chi connectivity index (χ1v) is 30.0. The molecule has 0 saturated carbocycles.